The molecule has 19 heavy (non-hydrogen) atoms. The number of nitrogens with two attached hydrogens (primary N) is 1. The van der Waals surface area contributed by atoms with E-state index < -0.39 is 0 Å². The second kappa shape index (κ2) is 5.84. The van der Waals surface area contributed by atoms with Crippen LogP contribution in [-0.4, -0.2) is 22.8 Å². The summed E-state index contributed by atoms with van der Waals surface area (Å²) < 4.78 is 0.788. The third kappa shape index (κ3) is 3.54. The summed E-state index contributed by atoms with van der Waals surface area (Å²) in [6.45, 7) is 0.510. The first-order valence-corrected chi connectivity index (χ1v) is 6.56. The molecule has 0 spiro atoms. The number of amides is 1. The molecule has 0 bridgehead atoms. The van der Waals surface area contributed by atoms with Gasteiger partial charge in [0, 0.05) is 36.1 Å². The fraction of sp³-hybridized carbons (Fsp3) is 0.143. The molecule has 4 nitrogen and oxygen atoms in total. The van der Waals surface area contributed by atoms with Gasteiger partial charge in [0.25, 0.3) is 5.91 Å². The zero-order valence-electron chi connectivity index (χ0n) is 10.5. The van der Waals surface area contributed by atoms with Gasteiger partial charge >= 0.3 is 0 Å². The lowest BCUT2D eigenvalue weighted by molar-refractivity contribution is 0.0784. The minimum absolute atomic E-state index is 0.0729. The minimum Gasteiger partial charge on any atom is -0.399 e. The molecule has 1 aromatic carbocycles. The van der Waals surface area contributed by atoms with Gasteiger partial charge in [-0.25, -0.2) is 0 Å². The fourth-order valence-corrected chi connectivity index (χ4v) is 2.15. The van der Waals surface area contributed by atoms with E-state index in [2.05, 4.69) is 20.9 Å². The van der Waals surface area contributed by atoms with Crippen molar-refractivity contribution in [2.24, 2.45) is 0 Å². The van der Waals surface area contributed by atoms with Crippen LogP contribution in [0.5, 0.6) is 0 Å². The average molecular weight is 320 g/mol. The Balaban J connectivity index is 2.12. The molecule has 1 aromatic heterocycles. The van der Waals surface area contributed by atoms with Gasteiger partial charge in [0.15, 0.2) is 0 Å². The molecule has 2 N–H and O–H groups in total. The molecular formula is C14H14BrN3O. The number of rotatable bonds is 3. The topological polar surface area (TPSA) is 59.2 Å². The first-order chi connectivity index (χ1) is 9.06. The maximum Gasteiger partial charge on any atom is 0.255 e. The van der Waals surface area contributed by atoms with E-state index in [1.165, 1.54) is 0 Å². The van der Waals surface area contributed by atoms with Crippen molar-refractivity contribution in [3.05, 3.63) is 58.3 Å². The SMILES string of the molecule is CN(Cc1cccc(N)c1)C(=O)c1cncc(Br)c1. The summed E-state index contributed by atoms with van der Waals surface area (Å²) in [5.74, 6) is -0.0729. The van der Waals surface area contributed by atoms with E-state index in [9.17, 15) is 4.79 Å². The van der Waals surface area contributed by atoms with Crippen molar-refractivity contribution in [2.45, 2.75) is 6.54 Å². The monoisotopic (exact) mass is 319 g/mol. The number of pyridine rings is 1. The zero-order valence-corrected chi connectivity index (χ0v) is 12.1. The largest absolute Gasteiger partial charge is 0.399 e. The highest BCUT2D eigenvalue weighted by Crippen LogP contribution is 2.13. The van der Waals surface area contributed by atoms with Gasteiger partial charge in [0.1, 0.15) is 0 Å². The molecule has 5 heteroatoms. The van der Waals surface area contributed by atoms with E-state index in [-0.39, 0.29) is 5.91 Å². The summed E-state index contributed by atoms with van der Waals surface area (Å²) in [5, 5.41) is 0. The minimum atomic E-state index is -0.0729. The van der Waals surface area contributed by atoms with E-state index in [0.717, 1.165) is 10.0 Å². The number of benzene rings is 1. The highest BCUT2D eigenvalue weighted by Gasteiger charge is 2.12. The van der Waals surface area contributed by atoms with Gasteiger partial charge in [-0.1, -0.05) is 12.1 Å². The smallest absolute Gasteiger partial charge is 0.255 e. The molecule has 2 aromatic rings. The van der Waals surface area contributed by atoms with E-state index in [1.807, 2.05) is 24.3 Å². The molecular weight excluding hydrogens is 306 g/mol. The Hall–Kier alpha value is -1.88. The Morgan fingerprint density at radius 3 is 2.84 bits per heavy atom. The molecule has 0 aliphatic carbocycles. The van der Waals surface area contributed by atoms with Crippen molar-refractivity contribution in [1.29, 1.82) is 0 Å². The number of anilines is 1. The second-order valence-electron chi connectivity index (χ2n) is 4.30. The predicted molar refractivity (Wildman–Crippen MR) is 78.6 cm³/mol. The Labute approximate surface area is 120 Å². The number of hydrogen-bond acceptors (Lipinski definition) is 3. The molecule has 1 heterocycles. The summed E-state index contributed by atoms with van der Waals surface area (Å²) in [6.07, 6.45) is 3.21. The number of nitrogens with zero attached hydrogens (tertiary/aromatic N) is 2. The van der Waals surface area contributed by atoms with Gasteiger partial charge in [-0.3, -0.25) is 9.78 Å². The molecule has 0 atom stereocenters. The fourth-order valence-electron chi connectivity index (χ4n) is 1.79. The maximum atomic E-state index is 12.2. The van der Waals surface area contributed by atoms with Crippen molar-refractivity contribution < 1.29 is 4.79 Å². The number of carbonyl (C=O) groups excluding carboxylic acids is 1. The van der Waals surface area contributed by atoms with Crippen LogP contribution in [0.15, 0.2) is 47.2 Å². The van der Waals surface area contributed by atoms with Crippen LogP contribution in [0.2, 0.25) is 0 Å². The molecule has 98 valence electrons. The van der Waals surface area contributed by atoms with E-state index in [4.69, 9.17) is 5.73 Å². The molecule has 0 radical (unpaired) electrons. The Bertz CT molecular complexity index is 601. The third-order valence-electron chi connectivity index (χ3n) is 2.67. The lowest BCUT2D eigenvalue weighted by atomic mass is 10.2. The normalized spacial score (nSPS) is 10.2. The van der Waals surface area contributed by atoms with Crippen LogP contribution >= 0.6 is 15.9 Å². The second-order valence-corrected chi connectivity index (χ2v) is 5.21. The predicted octanol–water partition coefficient (Wildman–Crippen LogP) is 2.70. The van der Waals surface area contributed by atoms with Crippen molar-refractivity contribution >= 4 is 27.5 Å². The van der Waals surface area contributed by atoms with Crippen LogP contribution in [-0.2, 0) is 6.54 Å². The van der Waals surface area contributed by atoms with Crippen LogP contribution < -0.4 is 5.73 Å². The highest BCUT2D eigenvalue weighted by atomic mass is 79.9. The lowest BCUT2D eigenvalue weighted by Crippen LogP contribution is -2.26. The van der Waals surface area contributed by atoms with Crippen molar-refractivity contribution in [1.82, 2.24) is 9.88 Å². The summed E-state index contributed by atoms with van der Waals surface area (Å²) in [5.41, 5.74) is 7.97. The Morgan fingerprint density at radius 2 is 2.16 bits per heavy atom. The van der Waals surface area contributed by atoms with Gasteiger partial charge in [0.05, 0.1) is 5.56 Å². The van der Waals surface area contributed by atoms with Gasteiger partial charge in [-0.2, -0.15) is 0 Å². The molecule has 2 rings (SSSR count). The first-order valence-electron chi connectivity index (χ1n) is 5.76. The number of carbonyl (C=O) groups is 1. The Kier molecular flexibility index (Phi) is 4.16. The summed E-state index contributed by atoms with van der Waals surface area (Å²) in [4.78, 5) is 17.9. The number of aromatic nitrogens is 1. The number of hydrogen-bond donors (Lipinski definition) is 1. The van der Waals surface area contributed by atoms with Crippen molar-refractivity contribution in [2.75, 3.05) is 12.8 Å². The molecule has 0 fully saturated rings. The van der Waals surface area contributed by atoms with Gasteiger partial charge in [-0.05, 0) is 39.7 Å². The van der Waals surface area contributed by atoms with Crippen LogP contribution in [0.4, 0.5) is 5.69 Å². The van der Waals surface area contributed by atoms with Crippen LogP contribution in [0.1, 0.15) is 15.9 Å². The zero-order chi connectivity index (χ0) is 13.8. The molecule has 1 amide bonds. The standard InChI is InChI=1S/C14H14BrN3O/c1-18(9-10-3-2-4-13(16)5-10)14(19)11-6-12(15)8-17-7-11/h2-8H,9,16H2,1H3. The number of nitrogen functional groups attached to an aromatic ring is 1. The molecule has 0 aliphatic rings. The van der Waals surface area contributed by atoms with Gasteiger partial charge < -0.3 is 10.6 Å². The van der Waals surface area contributed by atoms with Crippen molar-refractivity contribution in [3.63, 3.8) is 0 Å². The molecule has 0 aliphatic heterocycles. The molecule has 0 saturated carbocycles. The molecule has 0 saturated heterocycles. The van der Waals surface area contributed by atoms with Crippen LogP contribution in [0.3, 0.4) is 0 Å². The van der Waals surface area contributed by atoms with Crippen molar-refractivity contribution in [3.8, 4) is 0 Å². The average Bonchev–Trinajstić information content (AvgIpc) is 2.38. The summed E-state index contributed by atoms with van der Waals surface area (Å²) in [7, 11) is 1.76. The quantitative estimate of drug-likeness (QED) is 0.885. The van der Waals surface area contributed by atoms with Gasteiger partial charge in [-0.15, -0.1) is 0 Å². The third-order valence-corrected chi connectivity index (χ3v) is 3.10. The van der Waals surface area contributed by atoms with Crippen LogP contribution in [0.25, 0.3) is 0 Å². The summed E-state index contributed by atoms with van der Waals surface area (Å²) in [6, 6.07) is 9.26. The van der Waals surface area contributed by atoms with E-state index in [0.29, 0.717) is 17.8 Å². The molecule has 0 unspecified atom stereocenters. The summed E-state index contributed by atoms with van der Waals surface area (Å²) >= 11 is 3.31. The van der Waals surface area contributed by atoms with Crippen LogP contribution in [0, 0.1) is 0 Å². The number of halogens is 1. The lowest BCUT2D eigenvalue weighted by Gasteiger charge is -2.17. The maximum absolute atomic E-state index is 12.2. The van der Waals surface area contributed by atoms with Gasteiger partial charge in [0.2, 0.25) is 0 Å². The first kappa shape index (κ1) is 13.5. The highest BCUT2D eigenvalue weighted by molar-refractivity contribution is 9.10. The Morgan fingerprint density at radius 1 is 1.37 bits per heavy atom. The van der Waals surface area contributed by atoms with E-state index >= 15 is 0 Å². The van der Waals surface area contributed by atoms with E-state index in [1.54, 1.807) is 30.4 Å².